The van der Waals surface area contributed by atoms with Gasteiger partial charge in [0.15, 0.2) is 11.6 Å². The standard InChI is InChI=1S/C10H5F3O3/c11-6-4-8(13)7(12)3-5(6)1-2-9(14)10(15)16/h1-4H,(H,15,16)/b2-1+. The minimum absolute atomic E-state index is 0.306. The van der Waals surface area contributed by atoms with Crippen LogP contribution in [0.25, 0.3) is 6.08 Å². The normalized spacial score (nSPS) is 10.7. The smallest absolute Gasteiger partial charge is 0.376 e. The summed E-state index contributed by atoms with van der Waals surface area (Å²) in [6.45, 7) is 0. The molecule has 0 saturated heterocycles. The zero-order valence-electron chi connectivity index (χ0n) is 7.71. The minimum Gasteiger partial charge on any atom is -0.475 e. The van der Waals surface area contributed by atoms with E-state index in [-0.39, 0.29) is 0 Å². The van der Waals surface area contributed by atoms with E-state index < -0.39 is 34.8 Å². The van der Waals surface area contributed by atoms with Crippen LogP contribution in [0, 0.1) is 17.5 Å². The number of ketones is 1. The quantitative estimate of drug-likeness (QED) is 0.489. The Morgan fingerprint density at radius 1 is 1.06 bits per heavy atom. The van der Waals surface area contributed by atoms with Gasteiger partial charge < -0.3 is 5.11 Å². The molecule has 0 aliphatic carbocycles. The van der Waals surface area contributed by atoms with E-state index in [0.29, 0.717) is 18.2 Å². The van der Waals surface area contributed by atoms with E-state index in [4.69, 9.17) is 5.11 Å². The van der Waals surface area contributed by atoms with Crippen molar-refractivity contribution in [2.45, 2.75) is 0 Å². The van der Waals surface area contributed by atoms with Gasteiger partial charge in [0, 0.05) is 11.6 Å². The van der Waals surface area contributed by atoms with Crippen molar-refractivity contribution in [1.82, 2.24) is 0 Å². The summed E-state index contributed by atoms with van der Waals surface area (Å²) < 4.78 is 38.1. The Labute approximate surface area is 87.8 Å². The topological polar surface area (TPSA) is 54.4 Å². The number of benzene rings is 1. The van der Waals surface area contributed by atoms with Crippen LogP contribution in [0.3, 0.4) is 0 Å². The molecule has 0 unspecified atom stereocenters. The van der Waals surface area contributed by atoms with Crippen molar-refractivity contribution < 1.29 is 27.9 Å². The van der Waals surface area contributed by atoms with Gasteiger partial charge in [0.25, 0.3) is 5.78 Å². The summed E-state index contributed by atoms with van der Waals surface area (Å²) >= 11 is 0. The second-order valence-corrected chi connectivity index (χ2v) is 2.79. The van der Waals surface area contributed by atoms with Crippen LogP contribution in [0.1, 0.15) is 5.56 Å². The highest BCUT2D eigenvalue weighted by Gasteiger charge is 2.09. The predicted octanol–water partition coefficient (Wildman–Crippen LogP) is 1.77. The largest absolute Gasteiger partial charge is 0.475 e. The lowest BCUT2D eigenvalue weighted by Crippen LogP contribution is -2.08. The van der Waals surface area contributed by atoms with Crippen LogP contribution in [-0.4, -0.2) is 16.9 Å². The molecular weight excluding hydrogens is 225 g/mol. The van der Waals surface area contributed by atoms with Gasteiger partial charge >= 0.3 is 5.97 Å². The van der Waals surface area contributed by atoms with Crippen LogP contribution in [0.15, 0.2) is 18.2 Å². The summed E-state index contributed by atoms with van der Waals surface area (Å²) in [7, 11) is 0. The van der Waals surface area contributed by atoms with E-state index in [1.54, 1.807) is 0 Å². The fourth-order valence-electron chi connectivity index (χ4n) is 0.902. The van der Waals surface area contributed by atoms with E-state index in [0.717, 1.165) is 6.08 Å². The first-order valence-electron chi connectivity index (χ1n) is 4.01. The van der Waals surface area contributed by atoms with Crippen LogP contribution in [0.5, 0.6) is 0 Å². The molecule has 6 heteroatoms. The van der Waals surface area contributed by atoms with E-state index in [1.807, 2.05) is 0 Å². The number of carboxylic acid groups (broad SMARTS) is 1. The summed E-state index contributed by atoms with van der Waals surface area (Å²) in [4.78, 5) is 20.7. The molecule has 0 atom stereocenters. The van der Waals surface area contributed by atoms with Crippen molar-refractivity contribution in [3.05, 3.63) is 41.2 Å². The number of halogens is 3. The van der Waals surface area contributed by atoms with Crippen LogP contribution in [0.4, 0.5) is 13.2 Å². The average molecular weight is 230 g/mol. The Morgan fingerprint density at radius 3 is 2.19 bits per heavy atom. The summed E-state index contributed by atoms with van der Waals surface area (Å²) in [6, 6.07) is 0.830. The minimum atomic E-state index is -1.72. The van der Waals surface area contributed by atoms with Gasteiger partial charge in [-0.15, -0.1) is 0 Å². The lowest BCUT2D eigenvalue weighted by molar-refractivity contribution is -0.146. The zero-order chi connectivity index (χ0) is 12.3. The Kier molecular flexibility index (Phi) is 3.44. The van der Waals surface area contributed by atoms with Crippen LogP contribution >= 0.6 is 0 Å². The molecule has 1 rings (SSSR count). The van der Waals surface area contributed by atoms with Crippen LogP contribution < -0.4 is 0 Å². The third-order valence-electron chi connectivity index (χ3n) is 1.66. The van der Waals surface area contributed by atoms with Crippen LogP contribution in [0.2, 0.25) is 0 Å². The summed E-state index contributed by atoms with van der Waals surface area (Å²) in [5.41, 5.74) is -0.409. The molecule has 0 aromatic heterocycles. The Hall–Kier alpha value is -2.11. The summed E-state index contributed by atoms with van der Waals surface area (Å²) in [6.07, 6.45) is 1.31. The van der Waals surface area contributed by atoms with Gasteiger partial charge in [-0.3, -0.25) is 4.79 Å². The number of hydrogen-bond acceptors (Lipinski definition) is 2. The van der Waals surface area contributed by atoms with Gasteiger partial charge in [0.1, 0.15) is 5.82 Å². The third kappa shape index (κ3) is 2.69. The number of carbonyl (C=O) groups is 2. The first-order valence-corrected chi connectivity index (χ1v) is 4.01. The highest BCUT2D eigenvalue weighted by Crippen LogP contribution is 2.14. The third-order valence-corrected chi connectivity index (χ3v) is 1.66. The molecule has 0 heterocycles. The summed E-state index contributed by atoms with van der Waals surface area (Å²) in [5, 5.41) is 8.20. The summed E-state index contributed by atoms with van der Waals surface area (Å²) in [5.74, 6) is -6.75. The maximum Gasteiger partial charge on any atom is 0.376 e. The van der Waals surface area contributed by atoms with Crippen LogP contribution in [-0.2, 0) is 9.59 Å². The highest BCUT2D eigenvalue weighted by atomic mass is 19.2. The fraction of sp³-hybridized carbons (Fsp3) is 0. The van der Waals surface area contributed by atoms with E-state index in [2.05, 4.69) is 0 Å². The van der Waals surface area contributed by atoms with Crippen molar-refractivity contribution in [2.75, 3.05) is 0 Å². The molecule has 1 aromatic carbocycles. The van der Waals surface area contributed by atoms with Gasteiger partial charge in [0.2, 0.25) is 0 Å². The maximum absolute atomic E-state index is 13.0. The van der Waals surface area contributed by atoms with Gasteiger partial charge in [-0.25, -0.2) is 18.0 Å². The number of carbonyl (C=O) groups excluding carboxylic acids is 1. The molecule has 0 radical (unpaired) electrons. The SMILES string of the molecule is O=C(O)C(=O)/C=C/c1cc(F)c(F)cc1F. The van der Waals surface area contributed by atoms with Crippen molar-refractivity contribution >= 4 is 17.8 Å². The number of rotatable bonds is 3. The van der Waals surface area contributed by atoms with E-state index in [9.17, 15) is 22.8 Å². The fourth-order valence-corrected chi connectivity index (χ4v) is 0.902. The number of aliphatic carboxylic acids is 1. The zero-order valence-corrected chi connectivity index (χ0v) is 7.71. The molecule has 0 fully saturated rings. The van der Waals surface area contributed by atoms with Crippen molar-refractivity contribution in [3.8, 4) is 0 Å². The second kappa shape index (κ2) is 4.61. The monoisotopic (exact) mass is 230 g/mol. The molecule has 1 N–H and O–H groups in total. The highest BCUT2D eigenvalue weighted by molar-refractivity contribution is 6.38. The van der Waals surface area contributed by atoms with Crippen molar-refractivity contribution in [2.24, 2.45) is 0 Å². The Morgan fingerprint density at radius 2 is 1.62 bits per heavy atom. The number of carboxylic acids is 1. The molecule has 1 aromatic rings. The molecule has 0 aliphatic rings. The predicted molar refractivity (Wildman–Crippen MR) is 48.0 cm³/mol. The molecule has 0 bridgehead atoms. The first-order chi connectivity index (χ1) is 7.41. The van der Waals surface area contributed by atoms with Crippen molar-refractivity contribution in [1.29, 1.82) is 0 Å². The molecule has 0 spiro atoms. The lowest BCUT2D eigenvalue weighted by atomic mass is 10.1. The Balaban J connectivity index is 3.02. The molecule has 84 valence electrons. The second-order valence-electron chi connectivity index (χ2n) is 2.79. The molecule has 0 amide bonds. The lowest BCUT2D eigenvalue weighted by Gasteiger charge is -1.98. The van der Waals surface area contributed by atoms with E-state index >= 15 is 0 Å². The number of hydrogen-bond donors (Lipinski definition) is 1. The average Bonchev–Trinajstić information content (AvgIpc) is 2.20. The molecule has 0 saturated carbocycles. The molecule has 3 nitrogen and oxygen atoms in total. The molecular formula is C10H5F3O3. The molecule has 0 aliphatic heterocycles. The van der Waals surface area contributed by atoms with Gasteiger partial charge in [-0.1, -0.05) is 0 Å². The van der Waals surface area contributed by atoms with Gasteiger partial charge in [-0.2, -0.15) is 0 Å². The van der Waals surface area contributed by atoms with Crippen molar-refractivity contribution in [3.63, 3.8) is 0 Å². The maximum atomic E-state index is 13.0. The first kappa shape index (κ1) is 12.0. The van der Waals surface area contributed by atoms with E-state index in [1.165, 1.54) is 0 Å². The molecule has 16 heavy (non-hydrogen) atoms. The van der Waals surface area contributed by atoms with Gasteiger partial charge in [0.05, 0.1) is 0 Å². The van der Waals surface area contributed by atoms with Gasteiger partial charge in [-0.05, 0) is 18.2 Å². The Bertz CT molecular complexity index is 480.